The van der Waals surface area contributed by atoms with Gasteiger partial charge in [0.05, 0.1) is 27.7 Å². The number of anilines is 2. The van der Waals surface area contributed by atoms with Crippen LogP contribution in [-0.4, -0.2) is 26.6 Å². The summed E-state index contributed by atoms with van der Waals surface area (Å²) in [7, 11) is -3.73. The number of hydrogen-bond donors (Lipinski definition) is 1. The molecular weight excluding hydrogens is 419 g/mol. The van der Waals surface area contributed by atoms with Gasteiger partial charge in [0.2, 0.25) is 15.9 Å². The minimum Gasteiger partial charge on any atom is -0.323 e. The van der Waals surface area contributed by atoms with Crippen molar-refractivity contribution in [1.82, 2.24) is 0 Å². The van der Waals surface area contributed by atoms with Crippen molar-refractivity contribution >= 4 is 62.1 Å². The summed E-state index contributed by atoms with van der Waals surface area (Å²) in [5, 5.41) is 3.59. The van der Waals surface area contributed by atoms with Gasteiger partial charge in [0, 0.05) is 5.02 Å². The van der Waals surface area contributed by atoms with Gasteiger partial charge in [-0.15, -0.1) is 0 Å². The molecule has 2 aromatic carbocycles. The SMILES string of the molecule is CC[C@H](C(=O)Nc1cccc(Cl)c1Cl)N(c1ccc(Cl)cc1)S(C)(=O)=O. The lowest BCUT2D eigenvalue weighted by Crippen LogP contribution is -2.47. The van der Waals surface area contributed by atoms with Gasteiger partial charge in [-0.2, -0.15) is 0 Å². The highest BCUT2D eigenvalue weighted by atomic mass is 35.5. The molecule has 0 aliphatic rings. The van der Waals surface area contributed by atoms with Crippen LogP contribution in [0.2, 0.25) is 15.1 Å². The third-order valence-electron chi connectivity index (χ3n) is 3.62. The quantitative estimate of drug-likeness (QED) is 0.706. The first-order valence-corrected chi connectivity index (χ1v) is 10.6. The first-order chi connectivity index (χ1) is 12.1. The molecule has 0 spiro atoms. The zero-order valence-corrected chi connectivity index (χ0v) is 17.1. The van der Waals surface area contributed by atoms with E-state index in [1.54, 1.807) is 49.4 Å². The molecule has 26 heavy (non-hydrogen) atoms. The first kappa shape index (κ1) is 20.8. The molecule has 0 aliphatic carbocycles. The third-order valence-corrected chi connectivity index (χ3v) is 5.87. The van der Waals surface area contributed by atoms with Gasteiger partial charge < -0.3 is 5.32 Å². The molecular formula is C17H17Cl3N2O3S. The van der Waals surface area contributed by atoms with Crippen molar-refractivity contribution < 1.29 is 13.2 Å². The Hall–Kier alpha value is -1.47. The molecule has 0 aromatic heterocycles. The molecule has 0 heterocycles. The summed E-state index contributed by atoms with van der Waals surface area (Å²) in [6, 6.07) is 10.1. The van der Waals surface area contributed by atoms with E-state index in [0.29, 0.717) is 16.4 Å². The highest BCUT2D eigenvalue weighted by Crippen LogP contribution is 2.30. The highest BCUT2D eigenvalue weighted by Gasteiger charge is 2.31. The number of amides is 1. The molecule has 0 aliphatic heterocycles. The zero-order chi connectivity index (χ0) is 19.5. The van der Waals surface area contributed by atoms with Crippen molar-refractivity contribution in [3.8, 4) is 0 Å². The number of carbonyl (C=O) groups is 1. The standard InChI is InChI=1S/C17H17Cl3N2O3S/c1-3-15(17(23)21-14-6-4-5-13(19)16(14)20)22(26(2,24)25)12-9-7-11(18)8-10-12/h4-10,15H,3H2,1-2H3,(H,21,23)/t15-/m1/s1. The van der Waals surface area contributed by atoms with Crippen molar-refractivity contribution in [3.63, 3.8) is 0 Å². The third kappa shape index (κ3) is 4.82. The molecule has 2 aromatic rings. The van der Waals surface area contributed by atoms with Gasteiger partial charge in [-0.1, -0.05) is 47.8 Å². The smallest absolute Gasteiger partial charge is 0.248 e. The molecule has 0 radical (unpaired) electrons. The van der Waals surface area contributed by atoms with Crippen LogP contribution in [-0.2, 0) is 14.8 Å². The number of benzene rings is 2. The van der Waals surface area contributed by atoms with Crippen LogP contribution in [0.3, 0.4) is 0 Å². The Labute approximate surface area is 167 Å². The van der Waals surface area contributed by atoms with Crippen LogP contribution in [0, 0.1) is 0 Å². The van der Waals surface area contributed by atoms with Gasteiger partial charge in [-0.25, -0.2) is 8.42 Å². The van der Waals surface area contributed by atoms with Crippen LogP contribution >= 0.6 is 34.8 Å². The molecule has 0 fully saturated rings. The largest absolute Gasteiger partial charge is 0.323 e. The minimum atomic E-state index is -3.73. The Balaban J connectivity index is 2.40. The van der Waals surface area contributed by atoms with E-state index in [0.717, 1.165) is 10.6 Å². The molecule has 5 nitrogen and oxygen atoms in total. The van der Waals surface area contributed by atoms with E-state index in [1.807, 2.05) is 0 Å². The van der Waals surface area contributed by atoms with Crippen molar-refractivity contribution in [2.45, 2.75) is 19.4 Å². The average Bonchev–Trinajstić information content (AvgIpc) is 2.56. The van der Waals surface area contributed by atoms with Gasteiger partial charge in [0.15, 0.2) is 0 Å². The Bertz CT molecular complexity index is 902. The fourth-order valence-corrected chi connectivity index (χ4v) is 4.15. The summed E-state index contributed by atoms with van der Waals surface area (Å²) in [6.45, 7) is 1.72. The van der Waals surface area contributed by atoms with Gasteiger partial charge in [0.1, 0.15) is 6.04 Å². The lowest BCUT2D eigenvalue weighted by Gasteiger charge is -2.30. The van der Waals surface area contributed by atoms with E-state index in [9.17, 15) is 13.2 Å². The van der Waals surface area contributed by atoms with Crippen LogP contribution in [0.5, 0.6) is 0 Å². The van der Waals surface area contributed by atoms with Gasteiger partial charge in [-0.3, -0.25) is 9.10 Å². The van der Waals surface area contributed by atoms with Crippen LogP contribution in [0.1, 0.15) is 13.3 Å². The number of sulfonamides is 1. The van der Waals surface area contributed by atoms with Crippen LogP contribution in [0.25, 0.3) is 0 Å². The number of nitrogens with one attached hydrogen (secondary N) is 1. The summed E-state index contributed by atoms with van der Waals surface area (Å²) < 4.78 is 25.8. The second-order valence-corrected chi connectivity index (χ2v) is 8.63. The lowest BCUT2D eigenvalue weighted by atomic mass is 10.2. The summed E-state index contributed by atoms with van der Waals surface area (Å²) in [6.07, 6.45) is 1.30. The molecule has 140 valence electrons. The molecule has 1 atom stereocenters. The fraction of sp³-hybridized carbons (Fsp3) is 0.235. The summed E-state index contributed by atoms with van der Waals surface area (Å²) in [5.74, 6) is -0.517. The number of rotatable bonds is 6. The second kappa shape index (κ2) is 8.48. The second-order valence-electron chi connectivity index (χ2n) is 5.55. The Morgan fingerprint density at radius 1 is 1.12 bits per heavy atom. The van der Waals surface area contributed by atoms with Gasteiger partial charge in [0.25, 0.3) is 0 Å². The maximum absolute atomic E-state index is 12.8. The van der Waals surface area contributed by atoms with Crippen molar-refractivity contribution in [2.24, 2.45) is 0 Å². The normalized spacial score (nSPS) is 12.5. The average molecular weight is 436 g/mol. The van der Waals surface area contributed by atoms with Crippen LogP contribution in [0.4, 0.5) is 11.4 Å². The summed E-state index contributed by atoms with van der Waals surface area (Å²) in [4.78, 5) is 12.8. The van der Waals surface area contributed by atoms with Crippen molar-refractivity contribution in [2.75, 3.05) is 15.9 Å². The van der Waals surface area contributed by atoms with Gasteiger partial charge >= 0.3 is 0 Å². The van der Waals surface area contributed by atoms with Crippen molar-refractivity contribution in [3.05, 3.63) is 57.5 Å². The molecule has 2 rings (SSSR count). The van der Waals surface area contributed by atoms with Crippen molar-refractivity contribution in [1.29, 1.82) is 0 Å². The minimum absolute atomic E-state index is 0.190. The predicted molar refractivity (Wildman–Crippen MR) is 108 cm³/mol. The molecule has 0 bridgehead atoms. The van der Waals surface area contributed by atoms with E-state index in [1.165, 1.54) is 0 Å². The molecule has 0 saturated heterocycles. The zero-order valence-electron chi connectivity index (χ0n) is 14.0. The van der Waals surface area contributed by atoms with E-state index >= 15 is 0 Å². The molecule has 1 N–H and O–H groups in total. The number of nitrogens with zero attached hydrogens (tertiary/aromatic N) is 1. The monoisotopic (exact) mass is 434 g/mol. The van der Waals surface area contributed by atoms with E-state index in [4.69, 9.17) is 34.8 Å². The number of halogens is 3. The van der Waals surface area contributed by atoms with Crippen LogP contribution in [0.15, 0.2) is 42.5 Å². The number of hydrogen-bond acceptors (Lipinski definition) is 3. The maximum atomic E-state index is 12.8. The molecule has 9 heteroatoms. The highest BCUT2D eigenvalue weighted by molar-refractivity contribution is 7.92. The summed E-state index contributed by atoms with van der Waals surface area (Å²) >= 11 is 17.9. The fourth-order valence-electron chi connectivity index (χ4n) is 2.46. The number of carbonyl (C=O) groups excluding carboxylic acids is 1. The Morgan fingerprint density at radius 3 is 2.27 bits per heavy atom. The predicted octanol–water partition coefficient (Wildman–Crippen LogP) is 4.83. The van der Waals surface area contributed by atoms with Crippen LogP contribution < -0.4 is 9.62 Å². The molecule has 1 amide bonds. The topological polar surface area (TPSA) is 66.5 Å². The maximum Gasteiger partial charge on any atom is 0.248 e. The van der Waals surface area contributed by atoms with Gasteiger partial charge in [-0.05, 0) is 42.8 Å². The van der Waals surface area contributed by atoms with E-state index in [-0.39, 0.29) is 16.5 Å². The van der Waals surface area contributed by atoms with E-state index < -0.39 is 22.0 Å². The molecule has 0 saturated carbocycles. The first-order valence-electron chi connectivity index (χ1n) is 7.65. The Morgan fingerprint density at radius 2 is 1.73 bits per heavy atom. The molecule has 0 unspecified atom stereocenters. The van der Waals surface area contributed by atoms with E-state index in [2.05, 4.69) is 5.32 Å². The summed E-state index contributed by atoms with van der Waals surface area (Å²) in [5.41, 5.74) is 0.656. The lowest BCUT2D eigenvalue weighted by molar-refractivity contribution is -0.117. The Kier molecular flexibility index (Phi) is 6.80.